The first kappa shape index (κ1) is 24.4. The Morgan fingerprint density at radius 1 is 0.694 bits per heavy atom. The Morgan fingerprint density at radius 3 is 1.92 bits per heavy atom. The zero-order chi connectivity index (χ0) is 24.7. The van der Waals surface area contributed by atoms with Crippen molar-refractivity contribution in [1.29, 1.82) is 0 Å². The fourth-order valence-corrected chi connectivity index (χ4v) is 6.39. The van der Waals surface area contributed by atoms with Crippen LogP contribution < -0.4 is 5.32 Å². The van der Waals surface area contributed by atoms with Crippen molar-refractivity contribution in [2.24, 2.45) is 11.8 Å². The number of carbonyl (C=O) groups is 2. The van der Waals surface area contributed by atoms with Crippen molar-refractivity contribution in [3.05, 3.63) is 86.8 Å². The van der Waals surface area contributed by atoms with Crippen LogP contribution in [-0.2, 0) is 41.7 Å². The van der Waals surface area contributed by atoms with E-state index < -0.39 is 0 Å². The standard InChI is InChI=1S/C27H27N5O2S2/c33-22(13-18-7-3-1-4-8-18)17-26-30-29-24(35-26)15-20-11-21(12-20)16-25-31-32-27(36-25)28-23(34)14-19-9-5-2-6-10-19/h1-10,20-21H,11-17H2,(H,28,32,34). The molecule has 1 saturated carbocycles. The highest BCUT2D eigenvalue weighted by atomic mass is 32.1. The molecule has 0 bridgehead atoms. The predicted octanol–water partition coefficient (Wildman–Crippen LogP) is 4.74. The fourth-order valence-electron chi connectivity index (χ4n) is 4.53. The van der Waals surface area contributed by atoms with E-state index in [2.05, 4.69) is 25.7 Å². The molecule has 4 aromatic rings. The lowest BCUT2D eigenvalue weighted by Gasteiger charge is -2.34. The Labute approximate surface area is 218 Å². The number of hydrogen-bond acceptors (Lipinski definition) is 8. The molecule has 0 spiro atoms. The van der Waals surface area contributed by atoms with Crippen LogP contribution in [0.1, 0.15) is 39.0 Å². The van der Waals surface area contributed by atoms with Crippen LogP contribution in [-0.4, -0.2) is 32.1 Å². The van der Waals surface area contributed by atoms with Gasteiger partial charge in [-0.3, -0.25) is 9.59 Å². The smallest absolute Gasteiger partial charge is 0.230 e. The minimum absolute atomic E-state index is 0.0780. The molecule has 2 heterocycles. The summed E-state index contributed by atoms with van der Waals surface area (Å²) < 4.78 is 0. The Hall–Kier alpha value is -3.30. The number of amides is 1. The normalized spacial score (nSPS) is 16.9. The van der Waals surface area contributed by atoms with E-state index in [0.717, 1.165) is 51.8 Å². The molecule has 1 fully saturated rings. The summed E-state index contributed by atoms with van der Waals surface area (Å²) in [6.45, 7) is 0. The van der Waals surface area contributed by atoms with Gasteiger partial charge < -0.3 is 5.32 Å². The molecule has 1 amide bonds. The Morgan fingerprint density at radius 2 is 1.25 bits per heavy atom. The van der Waals surface area contributed by atoms with Gasteiger partial charge in [0.25, 0.3) is 0 Å². The Balaban J connectivity index is 1.02. The number of nitrogens with zero attached hydrogens (tertiary/aromatic N) is 4. The largest absolute Gasteiger partial charge is 0.300 e. The first-order valence-electron chi connectivity index (χ1n) is 12.1. The van der Waals surface area contributed by atoms with Crippen LogP contribution in [0.4, 0.5) is 5.13 Å². The summed E-state index contributed by atoms with van der Waals surface area (Å²) >= 11 is 3.02. The third-order valence-corrected chi connectivity index (χ3v) is 8.09. The molecule has 2 aromatic heterocycles. The molecule has 0 unspecified atom stereocenters. The SMILES string of the molecule is O=C(Cc1ccccc1)Cc1nnc(CC2CC(Cc3nnc(NC(=O)Cc4ccccc4)s3)C2)s1. The third-order valence-electron chi connectivity index (χ3n) is 6.28. The molecular formula is C27H27N5O2S2. The number of ketones is 1. The number of carbonyl (C=O) groups excluding carboxylic acids is 2. The van der Waals surface area contributed by atoms with Crippen molar-refractivity contribution in [2.45, 2.75) is 44.9 Å². The summed E-state index contributed by atoms with van der Waals surface area (Å²) in [5, 5.41) is 23.2. The molecule has 1 aliphatic carbocycles. The van der Waals surface area contributed by atoms with E-state index in [9.17, 15) is 9.59 Å². The highest BCUT2D eigenvalue weighted by molar-refractivity contribution is 7.15. The second-order valence-corrected chi connectivity index (χ2v) is 11.5. The van der Waals surface area contributed by atoms with Crippen molar-refractivity contribution in [1.82, 2.24) is 20.4 Å². The van der Waals surface area contributed by atoms with Gasteiger partial charge in [-0.2, -0.15) is 0 Å². The number of hydrogen-bond donors (Lipinski definition) is 1. The van der Waals surface area contributed by atoms with E-state index in [1.165, 1.54) is 11.3 Å². The van der Waals surface area contributed by atoms with Gasteiger partial charge in [0.05, 0.1) is 12.8 Å². The zero-order valence-corrected chi connectivity index (χ0v) is 21.4. The van der Waals surface area contributed by atoms with Crippen molar-refractivity contribution in [3.8, 4) is 0 Å². The highest BCUT2D eigenvalue weighted by Crippen LogP contribution is 2.39. The second-order valence-electron chi connectivity index (χ2n) is 9.29. The van der Waals surface area contributed by atoms with E-state index in [-0.39, 0.29) is 11.7 Å². The predicted molar refractivity (Wildman–Crippen MR) is 141 cm³/mol. The minimum Gasteiger partial charge on any atom is -0.300 e. The van der Waals surface area contributed by atoms with Crippen LogP contribution in [0.5, 0.6) is 0 Å². The van der Waals surface area contributed by atoms with Gasteiger partial charge in [0.2, 0.25) is 11.0 Å². The average molecular weight is 518 g/mol. The van der Waals surface area contributed by atoms with Crippen molar-refractivity contribution < 1.29 is 9.59 Å². The molecule has 0 atom stereocenters. The number of anilines is 1. The van der Waals surface area contributed by atoms with Gasteiger partial charge in [-0.15, -0.1) is 31.7 Å². The minimum atomic E-state index is -0.0780. The van der Waals surface area contributed by atoms with E-state index >= 15 is 0 Å². The average Bonchev–Trinajstić information content (AvgIpc) is 3.48. The van der Waals surface area contributed by atoms with Crippen LogP contribution in [0.15, 0.2) is 60.7 Å². The van der Waals surface area contributed by atoms with E-state index in [0.29, 0.717) is 36.2 Å². The lowest BCUT2D eigenvalue weighted by molar-refractivity contribution is -0.118. The fraction of sp³-hybridized carbons (Fsp3) is 0.333. The summed E-state index contributed by atoms with van der Waals surface area (Å²) in [6.07, 6.45) is 5.16. The monoisotopic (exact) mass is 517 g/mol. The van der Waals surface area contributed by atoms with Crippen molar-refractivity contribution >= 4 is 39.5 Å². The topological polar surface area (TPSA) is 97.7 Å². The van der Waals surface area contributed by atoms with Crippen LogP contribution in [0.3, 0.4) is 0 Å². The maximum Gasteiger partial charge on any atom is 0.230 e. The van der Waals surface area contributed by atoms with Gasteiger partial charge in [-0.25, -0.2) is 0 Å². The second kappa shape index (κ2) is 11.6. The zero-order valence-electron chi connectivity index (χ0n) is 19.8. The van der Waals surface area contributed by atoms with Gasteiger partial charge in [0.1, 0.15) is 20.8 Å². The van der Waals surface area contributed by atoms with Crippen LogP contribution in [0.2, 0.25) is 0 Å². The van der Waals surface area contributed by atoms with Crippen LogP contribution in [0.25, 0.3) is 0 Å². The molecule has 7 nitrogen and oxygen atoms in total. The quantitative estimate of drug-likeness (QED) is 0.309. The summed E-state index contributed by atoms with van der Waals surface area (Å²) in [6, 6.07) is 19.5. The van der Waals surface area contributed by atoms with Crippen molar-refractivity contribution in [3.63, 3.8) is 0 Å². The van der Waals surface area contributed by atoms with Crippen LogP contribution >= 0.6 is 22.7 Å². The van der Waals surface area contributed by atoms with Crippen LogP contribution in [0, 0.1) is 11.8 Å². The molecule has 1 aliphatic rings. The number of aromatic nitrogens is 4. The van der Waals surface area contributed by atoms with Gasteiger partial charge in [0.15, 0.2) is 0 Å². The number of Topliss-reactive ketones (excluding diaryl/α,β-unsaturated/α-hetero) is 1. The first-order chi connectivity index (χ1) is 17.6. The molecular weight excluding hydrogens is 490 g/mol. The maximum absolute atomic E-state index is 12.3. The lowest BCUT2D eigenvalue weighted by Crippen LogP contribution is -2.27. The third kappa shape index (κ3) is 6.89. The molecule has 0 aliphatic heterocycles. The lowest BCUT2D eigenvalue weighted by atomic mass is 9.72. The summed E-state index contributed by atoms with van der Waals surface area (Å²) in [7, 11) is 0. The van der Waals surface area contributed by atoms with Gasteiger partial charge in [-0.05, 0) is 35.8 Å². The molecule has 5 rings (SSSR count). The summed E-state index contributed by atoms with van der Waals surface area (Å²) in [5.74, 6) is 1.26. The van der Waals surface area contributed by atoms with Gasteiger partial charge in [0, 0.05) is 19.3 Å². The summed E-state index contributed by atoms with van der Waals surface area (Å²) in [4.78, 5) is 24.6. The molecule has 36 heavy (non-hydrogen) atoms. The maximum atomic E-state index is 12.3. The molecule has 1 N–H and O–H groups in total. The highest BCUT2D eigenvalue weighted by Gasteiger charge is 2.31. The van der Waals surface area contributed by atoms with Gasteiger partial charge >= 0.3 is 0 Å². The molecule has 0 saturated heterocycles. The Kier molecular flexibility index (Phi) is 7.88. The summed E-state index contributed by atoms with van der Waals surface area (Å²) in [5.41, 5.74) is 2.01. The molecule has 9 heteroatoms. The van der Waals surface area contributed by atoms with E-state index in [4.69, 9.17) is 0 Å². The number of rotatable bonds is 11. The number of nitrogens with one attached hydrogen (secondary N) is 1. The van der Waals surface area contributed by atoms with Crippen molar-refractivity contribution in [2.75, 3.05) is 5.32 Å². The van der Waals surface area contributed by atoms with Gasteiger partial charge in [-0.1, -0.05) is 72.0 Å². The first-order valence-corrected chi connectivity index (χ1v) is 13.8. The number of benzene rings is 2. The van der Waals surface area contributed by atoms with E-state index in [1.807, 2.05) is 60.7 Å². The molecule has 0 radical (unpaired) electrons. The van der Waals surface area contributed by atoms with E-state index in [1.54, 1.807) is 11.3 Å². The molecule has 2 aromatic carbocycles. The molecule has 184 valence electrons. The Bertz CT molecular complexity index is 1200.